The summed E-state index contributed by atoms with van der Waals surface area (Å²) in [5.74, 6) is -0.965. The smallest absolute Gasteiger partial charge is 0.307 e. The van der Waals surface area contributed by atoms with Crippen molar-refractivity contribution in [1.29, 1.82) is 0 Å². The highest BCUT2D eigenvalue weighted by molar-refractivity contribution is 7.92. The molecule has 3 aromatic rings. The number of nitrogens with zero attached hydrogens (tertiary/aromatic N) is 2. The van der Waals surface area contributed by atoms with Gasteiger partial charge in [-0.25, -0.2) is 8.42 Å². The van der Waals surface area contributed by atoms with Crippen LogP contribution in [0.2, 0.25) is 5.02 Å². The summed E-state index contributed by atoms with van der Waals surface area (Å²) in [6.45, 7) is 4.66. The zero-order chi connectivity index (χ0) is 21.1. The second-order valence-electron chi connectivity index (χ2n) is 7.44. The molecule has 4 rings (SSSR count). The number of aromatic nitrogens is 1. The second-order valence-corrected chi connectivity index (χ2v) is 9.78. The van der Waals surface area contributed by atoms with E-state index in [9.17, 15) is 18.3 Å². The van der Waals surface area contributed by atoms with E-state index >= 15 is 0 Å². The average Bonchev–Trinajstić information content (AvgIpc) is 2.96. The maximum absolute atomic E-state index is 12.5. The molecule has 0 spiro atoms. The van der Waals surface area contributed by atoms with Gasteiger partial charge in [-0.3, -0.25) is 9.10 Å². The largest absolute Gasteiger partial charge is 0.481 e. The Bertz CT molecular complexity index is 1260. The first-order valence-corrected chi connectivity index (χ1v) is 11.4. The van der Waals surface area contributed by atoms with Crippen LogP contribution in [0.1, 0.15) is 16.8 Å². The summed E-state index contributed by atoms with van der Waals surface area (Å²) in [5.41, 5.74) is 5.39. The average molecular weight is 433 g/mol. The molecule has 1 aromatic heterocycles. The molecule has 1 N–H and O–H groups in total. The van der Waals surface area contributed by atoms with Crippen LogP contribution in [0, 0.1) is 13.8 Å². The molecule has 1 aliphatic heterocycles. The third-order valence-corrected chi connectivity index (χ3v) is 6.96. The van der Waals surface area contributed by atoms with Gasteiger partial charge in [-0.1, -0.05) is 23.7 Å². The Balaban J connectivity index is 2.18. The van der Waals surface area contributed by atoms with Gasteiger partial charge in [0.1, 0.15) is 0 Å². The topological polar surface area (TPSA) is 79.6 Å². The fraction of sp³-hybridized carbons (Fsp3) is 0.286. The molecule has 1 aliphatic rings. The van der Waals surface area contributed by atoms with Crippen LogP contribution in [0.3, 0.4) is 0 Å². The fourth-order valence-electron chi connectivity index (χ4n) is 4.34. The first-order valence-electron chi connectivity index (χ1n) is 9.20. The summed E-state index contributed by atoms with van der Waals surface area (Å²) in [7, 11) is -3.50. The van der Waals surface area contributed by atoms with Crippen LogP contribution in [0.25, 0.3) is 22.0 Å². The lowest BCUT2D eigenvalue weighted by molar-refractivity contribution is -0.136. The first kappa shape index (κ1) is 19.8. The molecule has 0 unspecified atom stereocenters. The van der Waals surface area contributed by atoms with E-state index in [1.54, 1.807) is 12.1 Å². The number of sulfonamides is 1. The summed E-state index contributed by atoms with van der Waals surface area (Å²) >= 11 is 6.06. The van der Waals surface area contributed by atoms with Gasteiger partial charge < -0.3 is 9.67 Å². The predicted octanol–water partition coefficient (Wildman–Crippen LogP) is 3.99. The van der Waals surface area contributed by atoms with Crippen molar-refractivity contribution in [2.75, 3.05) is 17.1 Å². The number of carboxylic acids is 1. The van der Waals surface area contributed by atoms with E-state index in [1.807, 2.05) is 32.0 Å². The van der Waals surface area contributed by atoms with Crippen LogP contribution in [0.5, 0.6) is 0 Å². The van der Waals surface area contributed by atoms with Crippen molar-refractivity contribution < 1.29 is 18.3 Å². The molecule has 8 heteroatoms. The standard InChI is InChI=1S/C21H21ClN2O4S/c1-12-10-17-19(14-4-6-15(22)7-5-14)16(11-18(25)26)13(2)20-21(17)23(12)8-9-24(20)29(3,27)28/h4-7,10H,8-9,11H2,1-3H3,(H,25,26). The molecule has 152 valence electrons. The number of anilines is 1. The molecule has 2 heterocycles. The van der Waals surface area contributed by atoms with Crippen LogP contribution in [0.4, 0.5) is 5.69 Å². The number of hydrogen-bond acceptors (Lipinski definition) is 3. The van der Waals surface area contributed by atoms with Gasteiger partial charge in [-0.2, -0.15) is 0 Å². The van der Waals surface area contributed by atoms with E-state index in [1.165, 1.54) is 10.6 Å². The maximum Gasteiger partial charge on any atom is 0.307 e. The summed E-state index contributed by atoms with van der Waals surface area (Å²) in [4.78, 5) is 11.7. The lowest BCUT2D eigenvalue weighted by Gasteiger charge is -2.32. The third-order valence-electron chi connectivity index (χ3n) is 5.54. The van der Waals surface area contributed by atoms with Gasteiger partial charge in [-0.05, 0) is 54.3 Å². The van der Waals surface area contributed by atoms with E-state index < -0.39 is 16.0 Å². The van der Waals surface area contributed by atoms with E-state index in [-0.39, 0.29) is 6.42 Å². The van der Waals surface area contributed by atoms with E-state index in [0.29, 0.717) is 34.9 Å². The van der Waals surface area contributed by atoms with Crippen molar-refractivity contribution >= 4 is 44.2 Å². The second kappa shape index (κ2) is 6.78. The number of aryl methyl sites for hydroxylation is 1. The van der Waals surface area contributed by atoms with Crippen molar-refractivity contribution in [2.24, 2.45) is 0 Å². The van der Waals surface area contributed by atoms with Crippen LogP contribution >= 0.6 is 11.6 Å². The van der Waals surface area contributed by atoms with Crippen molar-refractivity contribution in [3.63, 3.8) is 0 Å². The zero-order valence-electron chi connectivity index (χ0n) is 16.4. The molecule has 0 atom stereocenters. The van der Waals surface area contributed by atoms with Crippen molar-refractivity contribution in [1.82, 2.24) is 4.57 Å². The Morgan fingerprint density at radius 3 is 2.41 bits per heavy atom. The summed E-state index contributed by atoms with van der Waals surface area (Å²) in [6, 6.07) is 9.30. The van der Waals surface area contributed by atoms with Gasteiger partial charge in [-0.15, -0.1) is 0 Å². The van der Waals surface area contributed by atoms with Gasteiger partial charge in [0.25, 0.3) is 0 Å². The molecule has 2 aromatic carbocycles. The molecular formula is C21H21ClN2O4S. The van der Waals surface area contributed by atoms with Gasteiger partial charge >= 0.3 is 5.97 Å². The number of carboxylic acid groups (broad SMARTS) is 1. The summed E-state index contributed by atoms with van der Waals surface area (Å²) in [6.07, 6.45) is 0.988. The number of benzene rings is 2. The van der Waals surface area contributed by atoms with Crippen LogP contribution in [0.15, 0.2) is 30.3 Å². The Labute approximate surface area is 174 Å². The summed E-state index contributed by atoms with van der Waals surface area (Å²) in [5, 5.41) is 11.0. The lowest BCUT2D eigenvalue weighted by Crippen LogP contribution is -2.37. The molecule has 0 saturated heterocycles. The number of hydrogen-bond donors (Lipinski definition) is 1. The monoisotopic (exact) mass is 432 g/mol. The van der Waals surface area contributed by atoms with E-state index in [4.69, 9.17) is 11.6 Å². The Morgan fingerprint density at radius 1 is 1.17 bits per heavy atom. The highest BCUT2D eigenvalue weighted by atomic mass is 35.5. The molecule has 0 fully saturated rings. The molecule has 6 nitrogen and oxygen atoms in total. The highest BCUT2D eigenvalue weighted by Gasteiger charge is 2.32. The van der Waals surface area contributed by atoms with Crippen LogP contribution in [-0.4, -0.2) is 36.9 Å². The van der Waals surface area contributed by atoms with Gasteiger partial charge in [0.05, 0.1) is 30.4 Å². The molecule has 0 radical (unpaired) electrons. The number of rotatable bonds is 4. The van der Waals surface area contributed by atoms with Crippen molar-refractivity contribution in [3.8, 4) is 11.1 Å². The fourth-order valence-corrected chi connectivity index (χ4v) is 5.43. The zero-order valence-corrected chi connectivity index (χ0v) is 17.9. The quantitative estimate of drug-likeness (QED) is 0.676. The predicted molar refractivity (Wildman–Crippen MR) is 115 cm³/mol. The molecule has 0 bridgehead atoms. The van der Waals surface area contributed by atoms with Gasteiger partial charge in [0.2, 0.25) is 10.0 Å². The Morgan fingerprint density at radius 2 is 1.83 bits per heavy atom. The van der Waals surface area contributed by atoms with Crippen molar-refractivity contribution in [2.45, 2.75) is 26.8 Å². The number of aliphatic carboxylic acids is 1. The highest BCUT2D eigenvalue weighted by Crippen LogP contribution is 2.45. The number of halogens is 1. The minimum Gasteiger partial charge on any atom is -0.481 e. The van der Waals surface area contributed by atoms with Gasteiger partial charge in [0.15, 0.2) is 0 Å². The normalized spacial score (nSPS) is 13.9. The van der Waals surface area contributed by atoms with Crippen LogP contribution in [-0.2, 0) is 27.8 Å². The van der Waals surface area contributed by atoms with E-state index in [0.717, 1.165) is 27.7 Å². The van der Waals surface area contributed by atoms with Crippen molar-refractivity contribution in [3.05, 3.63) is 52.2 Å². The molecule has 29 heavy (non-hydrogen) atoms. The molecule has 0 aliphatic carbocycles. The Hall–Kier alpha value is -2.51. The summed E-state index contributed by atoms with van der Waals surface area (Å²) < 4.78 is 28.5. The molecular weight excluding hydrogens is 412 g/mol. The number of carbonyl (C=O) groups is 1. The minimum atomic E-state index is -3.50. The third kappa shape index (κ3) is 3.18. The first-order chi connectivity index (χ1) is 13.6. The van der Waals surface area contributed by atoms with Crippen LogP contribution < -0.4 is 4.31 Å². The van der Waals surface area contributed by atoms with E-state index in [2.05, 4.69) is 4.57 Å². The molecule has 0 saturated carbocycles. The molecule has 0 amide bonds. The van der Waals surface area contributed by atoms with Gasteiger partial charge in [0, 0.05) is 22.6 Å². The maximum atomic E-state index is 12.5. The minimum absolute atomic E-state index is 0.200. The Kier molecular flexibility index (Phi) is 4.63. The SMILES string of the molecule is Cc1c(CC(=O)O)c(-c2ccc(Cl)cc2)c2cc(C)n3c2c1N(S(C)(=O)=O)CC3. The lowest BCUT2D eigenvalue weighted by atomic mass is 9.89.